The van der Waals surface area contributed by atoms with Gasteiger partial charge < -0.3 is 5.32 Å². The van der Waals surface area contributed by atoms with Gasteiger partial charge in [-0.25, -0.2) is 9.97 Å². The minimum Gasteiger partial charge on any atom is -0.344 e. The standard InChI is InChI=1S/C21H18N4O/c26-20(19-15-25-13-7-12-22-21(25)24-19)23-18(17-10-5-2-6-11-17)14-16-8-3-1-4-9-16/h1-13,15,18H,14H2,(H,23,26)/t18-/m1/s1. The Labute approximate surface area is 151 Å². The minimum absolute atomic E-state index is 0.135. The molecule has 0 aliphatic rings. The van der Waals surface area contributed by atoms with Crippen LogP contribution in [0.1, 0.15) is 27.7 Å². The quantitative estimate of drug-likeness (QED) is 0.604. The van der Waals surface area contributed by atoms with Crippen LogP contribution in [0, 0.1) is 0 Å². The van der Waals surface area contributed by atoms with Crippen molar-refractivity contribution in [2.24, 2.45) is 0 Å². The van der Waals surface area contributed by atoms with Gasteiger partial charge in [-0.1, -0.05) is 60.7 Å². The van der Waals surface area contributed by atoms with Crippen LogP contribution >= 0.6 is 0 Å². The first-order chi connectivity index (χ1) is 12.8. The summed E-state index contributed by atoms with van der Waals surface area (Å²) in [5.41, 5.74) is 2.59. The number of nitrogens with one attached hydrogen (secondary N) is 1. The van der Waals surface area contributed by atoms with E-state index in [1.807, 2.05) is 54.7 Å². The second-order valence-corrected chi connectivity index (χ2v) is 6.08. The largest absolute Gasteiger partial charge is 0.344 e. The van der Waals surface area contributed by atoms with E-state index in [4.69, 9.17) is 0 Å². The number of nitrogens with zero attached hydrogens (tertiary/aromatic N) is 3. The van der Waals surface area contributed by atoms with E-state index < -0.39 is 0 Å². The molecule has 0 saturated carbocycles. The van der Waals surface area contributed by atoms with Gasteiger partial charge in [0.1, 0.15) is 5.69 Å². The maximum atomic E-state index is 12.8. The Morgan fingerprint density at radius 2 is 1.73 bits per heavy atom. The molecule has 0 spiro atoms. The zero-order valence-corrected chi connectivity index (χ0v) is 14.1. The summed E-state index contributed by atoms with van der Waals surface area (Å²) in [6, 6.07) is 21.8. The number of aromatic nitrogens is 3. The second-order valence-electron chi connectivity index (χ2n) is 6.08. The van der Waals surface area contributed by atoms with Crippen molar-refractivity contribution < 1.29 is 4.79 Å². The summed E-state index contributed by atoms with van der Waals surface area (Å²) in [5, 5.41) is 3.12. The molecule has 128 valence electrons. The molecule has 26 heavy (non-hydrogen) atoms. The Morgan fingerprint density at radius 1 is 1.00 bits per heavy atom. The highest BCUT2D eigenvalue weighted by Gasteiger charge is 2.18. The third-order valence-corrected chi connectivity index (χ3v) is 4.26. The van der Waals surface area contributed by atoms with Crippen molar-refractivity contribution in [1.29, 1.82) is 0 Å². The summed E-state index contributed by atoms with van der Waals surface area (Å²) in [6.45, 7) is 0. The molecule has 4 rings (SSSR count). The van der Waals surface area contributed by atoms with Crippen molar-refractivity contribution in [2.45, 2.75) is 12.5 Å². The molecular formula is C21H18N4O. The van der Waals surface area contributed by atoms with E-state index in [1.54, 1.807) is 22.9 Å². The predicted molar refractivity (Wildman–Crippen MR) is 99.8 cm³/mol. The van der Waals surface area contributed by atoms with Crippen molar-refractivity contribution in [3.63, 3.8) is 0 Å². The maximum absolute atomic E-state index is 12.8. The van der Waals surface area contributed by atoms with Crippen molar-refractivity contribution >= 4 is 11.7 Å². The van der Waals surface area contributed by atoms with Crippen LogP contribution in [0.3, 0.4) is 0 Å². The highest BCUT2D eigenvalue weighted by Crippen LogP contribution is 2.19. The van der Waals surface area contributed by atoms with Crippen LogP contribution in [0.25, 0.3) is 5.78 Å². The van der Waals surface area contributed by atoms with Crippen molar-refractivity contribution in [3.05, 3.63) is 102 Å². The molecule has 0 unspecified atom stereocenters. The van der Waals surface area contributed by atoms with Crippen LogP contribution in [0.15, 0.2) is 85.3 Å². The lowest BCUT2D eigenvalue weighted by molar-refractivity contribution is 0.0932. The number of amides is 1. The van der Waals surface area contributed by atoms with E-state index in [0.717, 1.165) is 5.56 Å². The van der Waals surface area contributed by atoms with Crippen LogP contribution in [-0.4, -0.2) is 20.3 Å². The molecule has 0 saturated heterocycles. The molecule has 1 atom stereocenters. The Hall–Kier alpha value is -3.47. The Morgan fingerprint density at radius 3 is 2.46 bits per heavy atom. The van der Waals surface area contributed by atoms with Crippen LogP contribution < -0.4 is 5.32 Å². The molecular weight excluding hydrogens is 324 g/mol. The summed E-state index contributed by atoms with van der Waals surface area (Å²) in [4.78, 5) is 21.2. The van der Waals surface area contributed by atoms with E-state index in [9.17, 15) is 4.79 Å². The predicted octanol–water partition coefficient (Wildman–Crippen LogP) is 3.44. The summed E-state index contributed by atoms with van der Waals surface area (Å²) < 4.78 is 1.74. The number of hydrogen-bond donors (Lipinski definition) is 1. The Bertz CT molecular complexity index is 979. The highest BCUT2D eigenvalue weighted by atomic mass is 16.2. The van der Waals surface area contributed by atoms with Gasteiger partial charge in [0.05, 0.1) is 6.04 Å². The molecule has 0 fully saturated rings. The van der Waals surface area contributed by atoms with E-state index in [2.05, 4.69) is 27.4 Å². The molecule has 0 bridgehead atoms. The Balaban J connectivity index is 1.60. The first-order valence-electron chi connectivity index (χ1n) is 8.49. The van der Waals surface area contributed by atoms with Crippen molar-refractivity contribution in [3.8, 4) is 0 Å². The molecule has 0 radical (unpaired) electrons. The van der Waals surface area contributed by atoms with Crippen LogP contribution in [0.2, 0.25) is 0 Å². The van der Waals surface area contributed by atoms with Crippen LogP contribution in [0.5, 0.6) is 0 Å². The first-order valence-corrected chi connectivity index (χ1v) is 8.49. The SMILES string of the molecule is O=C(N[C@H](Cc1ccccc1)c1ccccc1)c1cn2cccnc2n1. The van der Waals surface area contributed by atoms with E-state index in [1.165, 1.54) is 5.56 Å². The van der Waals surface area contributed by atoms with E-state index >= 15 is 0 Å². The van der Waals surface area contributed by atoms with Gasteiger partial charge in [0.15, 0.2) is 0 Å². The fourth-order valence-corrected chi connectivity index (χ4v) is 2.96. The number of rotatable bonds is 5. The molecule has 1 amide bonds. The zero-order valence-electron chi connectivity index (χ0n) is 14.1. The summed E-state index contributed by atoms with van der Waals surface area (Å²) in [7, 11) is 0. The van der Waals surface area contributed by atoms with Gasteiger partial charge in [0.25, 0.3) is 5.91 Å². The molecule has 2 heterocycles. The smallest absolute Gasteiger partial charge is 0.272 e. The molecule has 2 aromatic carbocycles. The average Bonchev–Trinajstić information content (AvgIpc) is 3.13. The number of hydrogen-bond acceptors (Lipinski definition) is 3. The molecule has 5 heteroatoms. The number of benzene rings is 2. The molecule has 5 nitrogen and oxygen atoms in total. The van der Waals surface area contributed by atoms with E-state index in [-0.39, 0.29) is 11.9 Å². The summed E-state index contributed by atoms with van der Waals surface area (Å²) in [6.07, 6.45) is 5.89. The maximum Gasteiger partial charge on any atom is 0.272 e. The van der Waals surface area contributed by atoms with Gasteiger partial charge >= 0.3 is 0 Å². The van der Waals surface area contributed by atoms with Gasteiger partial charge in [-0.3, -0.25) is 9.20 Å². The summed E-state index contributed by atoms with van der Waals surface area (Å²) >= 11 is 0. The number of fused-ring (bicyclic) bond motifs is 1. The van der Waals surface area contributed by atoms with E-state index in [0.29, 0.717) is 17.9 Å². The molecule has 2 aromatic heterocycles. The van der Waals surface area contributed by atoms with Crippen LogP contribution in [-0.2, 0) is 6.42 Å². The second kappa shape index (κ2) is 7.19. The fraction of sp³-hybridized carbons (Fsp3) is 0.0952. The number of imidazole rings is 1. The van der Waals surface area contributed by atoms with Gasteiger partial charge in [-0.05, 0) is 23.6 Å². The minimum atomic E-state index is -0.208. The third-order valence-electron chi connectivity index (χ3n) is 4.26. The van der Waals surface area contributed by atoms with Crippen molar-refractivity contribution in [1.82, 2.24) is 19.7 Å². The monoisotopic (exact) mass is 342 g/mol. The van der Waals surface area contributed by atoms with Gasteiger partial charge in [-0.15, -0.1) is 0 Å². The number of carbonyl (C=O) groups excluding carboxylic acids is 1. The lowest BCUT2D eigenvalue weighted by atomic mass is 9.99. The molecule has 0 aliphatic heterocycles. The molecule has 1 N–H and O–H groups in total. The lowest BCUT2D eigenvalue weighted by Crippen LogP contribution is -2.30. The highest BCUT2D eigenvalue weighted by molar-refractivity contribution is 5.93. The zero-order chi connectivity index (χ0) is 17.8. The first kappa shape index (κ1) is 16.0. The normalized spacial score (nSPS) is 12.0. The van der Waals surface area contributed by atoms with Gasteiger partial charge in [-0.2, -0.15) is 0 Å². The van der Waals surface area contributed by atoms with Crippen LogP contribution in [0.4, 0.5) is 0 Å². The fourth-order valence-electron chi connectivity index (χ4n) is 2.96. The van der Waals surface area contributed by atoms with Crippen molar-refractivity contribution in [2.75, 3.05) is 0 Å². The number of carbonyl (C=O) groups is 1. The lowest BCUT2D eigenvalue weighted by Gasteiger charge is -2.19. The Kier molecular flexibility index (Phi) is 4.43. The molecule has 4 aromatic rings. The van der Waals surface area contributed by atoms with Gasteiger partial charge in [0.2, 0.25) is 5.78 Å². The summed E-state index contributed by atoms with van der Waals surface area (Å²) in [5.74, 6) is 0.303. The third kappa shape index (κ3) is 3.47. The topological polar surface area (TPSA) is 59.3 Å². The molecule has 0 aliphatic carbocycles. The average molecular weight is 342 g/mol. The van der Waals surface area contributed by atoms with Gasteiger partial charge in [0, 0.05) is 18.6 Å².